The highest BCUT2D eigenvalue weighted by molar-refractivity contribution is 6.35. The third kappa shape index (κ3) is 1.87. The summed E-state index contributed by atoms with van der Waals surface area (Å²) in [6, 6.07) is 6.59. The Bertz CT molecular complexity index is 689. The van der Waals surface area contributed by atoms with Gasteiger partial charge in [0.2, 0.25) is 0 Å². The van der Waals surface area contributed by atoms with Crippen LogP contribution < -0.4 is 5.73 Å². The molecule has 4 heteroatoms. The SMILES string of the molecule is CC(C)n1c(C2C3CCC(C3)C2N)nc2cccc(Cl)c21. The number of rotatable bonds is 2. The van der Waals surface area contributed by atoms with Crippen molar-refractivity contribution in [3.8, 4) is 0 Å². The lowest BCUT2D eigenvalue weighted by molar-refractivity contribution is 0.342. The van der Waals surface area contributed by atoms with Crippen molar-refractivity contribution >= 4 is 22.6 Å². The number of nitrogens with zero attached hydrogens (tertiary/aromatic N) is 2. The van der Waals surface area contributed by atoms with E-state index in [9.17, 15) is 0 Å². The van der Waals surface area contributed by atoms with Gasteiger partial charge in [0.25, 0.3) is 0 Å². The van der Waals surface area contributed by atoms with Gasteiger partial charge < -0.3 is 10.3 Å². The minimum atomic E-state index is 0.261. The Morgan fingerprint density at radius 3 is 2.71 bits per heavy atom. The highest BCUT2D eigenvalue weighted by atomic mass is 35.5. The molecule has 0 amide bonds. The summed E-state index contributed by atoms with van der Waals surface area (Å²) < 4.78 is 2.32. The van der Waals surface area contributed by atoms with Gasteiger partial charge in [0, 0.05) is 18.0 Å². The van der Waals surface area contributed by atoms with Crippen molar-refractivity contribution in [3.05, 3.63) is 29.0 Å². The van der Waals surface area contributed by atoms with E-state index in [1.165, 1.54) is 19.3 Å². The lowest BCUT2D eigenvalue weighted by Gasteiger charge is -2.29. The molecule has 2 aliphatic carbocycles. The molecule has 1 heterocycles. The van der Waals surface area contributed by atoms with E-state index in [1.807, 2.05) is 12.1 Å². The molecule has 1 aromatic heterocycles. The minimum Gasteiger partial charge on any atom is -0.327 e. The van der Waals surface area contributed by atoms with Gasteiger partial charge in [-0.15, -0.1) is 0 Å². The van der Waals surface area contributed by atoms with Crippen LogP contribution in [0.15, 0.2) is 18.2 Å². The van der Waals surface area contributed by atoms with Gasteiger partial charge in [-0.05, 0) is 57.1 Å². The molecular formula is C17H22ClN3. The van der Waals surface area contributed by atoms with Gasteiger partial charge in [-0.1, -0.05) is 17.7 Å². The number of halogens is 1. The van der Waals surface area contributed by atoms with Gasteiger partial charge >= 0.3 is 0 Å². The number of aromatic nitrogens is 2. The summed E-state index contributed by atoms with van der Waals surface area (Å²) in [6.07, 6.45) is 3.88. The van der Waals surface area contributed by atoms with Crippen molar-refractivity contribution in [2.24, 2.45) is 17.6 Å². The van der Waals surface area contributed by atoms with E-state index in [0.29, 0.717) is 23.8 Å². The molecule has 0 spiro atoms. The summed E-state index contributed by atoms with van der Waals surface area (Å²) in [5.74, 6) is 2.96. The molecule has 4 atom stereocenters. The molecule has 2 aliphatic rings. The van der Waals surface area contributed by atoms with Crippen molar-refractivity contribution in [1.82, 2.24) is 9.55 Å². The Hall–Kier alpha value is -1.06. The zero-order valence-electron chi connectivity index (χ0n) is 12.6. The topological polar surface area (TPSA) is 43.8 Å². The molecule has 3 nitrogen and oxygen atoms in total. The first-order valence-corrected chi connectivity index (χ1v) is 8.37. The van der Waals surface area contributed by atoms with Gasteiger partial charge in [0.05, 0.1) is 16.1 Å². The van der Waals surface area contributed by atoms with E-state index in [0.717, 1.165) is 21.9 Å². The number of hydrogen-bond donors (Lipinski definition) is 1. The van der Waals surface area contributed by atoms with Crippen LogP contribution in [0.2, 0.25) is 5.02 Å². The molecule has 2 fully saturated rings. The molecule has 0 saturated heterocycles. The smallest absolute Gasteiger partial charge is 0.115 e. The van der Waals surface area contributed by atoms with Crippen molar-refractivity contribution < 1.29 is 0 Å². The molecule has 1 aromatic carbocycles. The number of hydrogen-bond acceptors (Lipinski definition) is 2. The Morgan fingerprint density at radius 2 is 2.05 bits per heavy atom. The van der Waals surface area contributed by atoms with Crippen LogP contribution in [0.25, 0.3) is 11.0 Å². The van der Waals surface area contributed by atoms with E-state index in [4.69, 9.17) is 22.3 Å². The normalized spacial score (nSPS) is 31.7. The summed E-state index contributed by atoms with van der Waals surface area (Å²) >= 11 is 6.45. The molecule has 21 heavy (non-hydrogen) atoms. The minimum absolute atomic E-state index is 0.261. The first-order valence-electron chi connectivity index (χ1n) is 8.00. The predicted octanol–water partition coefficient (Wildman–Crippen LogP) is 4.11. The molecule has 2 bridgehead atoms. The maximum absolute atomic E-state index is 6.54. The summed E-state index contributed by atoms with van der Waals surface area (Å²) in [7, 11) is 0. The van der Waals surface area contributed by atoms with Crippen molar-refractivity contribution in [2.45, 2.75) is 51.1 Å². The molecule has 2 saturated carbocycles. The fourth-order valence-electron chi connectivity index (χ4n) is 4.60. The van der Waals surface area contributed by atoms with Gasteiger partial charge in [0.15, 0.2) is 0 Å². The molecule has 4 rings (SSSR count). The van der Waals surface area contributed by atoms with E-state index in [1.54, 1.807) is 0 Å². The van der Waals surface area contributed by atoms with Crippen LogP contribution in [0.3, 0.4) is 0 Å². The maximum atomic E-state index is 6.54. The average molecular weight is 304 g/mol. The summed E-state index contributed by atoms with van der Waals surface area (Å²) in [5, 5.41) is 0.789. The standard InChI is InChI=1S/C17H22ClN3/c1-9(2)21-16-12(18)4-3-5-13(16)20-17(21)14-10-6-7-11(8-10)15(14)19/h3-5,9-11,14-15H,6-8,19H2,1-2H3. The lowest BCUT2D eigenvalue weighted by Crippen LogP contribution is -2.35. The Kier molecular flexibility index (Phi) is 3.05. The Labute approximate surface area is 130 Å². The van der Waals surface area contributed by atoms with Crippen LogP contribution >= 0.6 is 11.6 Å². The number of imidazole rings is 1. The van der Waals surface area contributed by atoms with Crippen LogP contribution in [0.1, 0.15) is 50.9 Å². The lowest BCUT2D eigenvalue weighted by atomic mass is 9.84. The van der Waals surface area contributed by atoms with Crippen molar-refractivity contribution in [1.29, 1.82) is 0 Å². The molecular weight excluding hydrogens is 282 g/mol. The van der Waals surface area contributed by atoms with Gasteiger partial charge in [-0.25, -0.2) is 4.98 Å². The first kappa shape index (κ1) is 13.6. The van der Waals surface area contributed by atoms with Gasteiger partial charge in [0.1, 0.15) is 5.82 Å². The number of benzene rings is 1. The predicted molar refractivity (Wildman–Crippen MR) is 86.7 cm³/mol. The quantitative estimate of drug-likeness (QED) is 0.907. The largest absolute Gasteiger partial charge is 0.327 e. The van der Waals surface area contributed by atoms with Crippen LogP contribution in [0.5, 0.6) is 0 Å². The van der Waals surface area contributed by atoms with E-state index < -0.39 is 0 Å². The zero-order valence-corrected chi connectivity index (χ0v) is 13.3. The van der Waals surface area contributed by atoms with Gasteiger partial charge in [-0.3, -0.25) is 0 Å². The second-order valence-electron chi connectivity index (χ2n) is 6.98. The monoisotopic (exact) mass is 303 g/mol. The summed E-state index contributed by atoms with van der Waals surface area (Å²) in [6.45, 7) is 4.40. The van der Waals surface area contributed by atoms with Crippen molar-refractivity contribution in [3.63, 3.8) is 0 Å². The van der Waals surface area contributed by atoms with Crippen molar-refractivity contribution in [2.75, 3.05) is 0 Å². The Balaban J connectivity index is 1.93. The zero-order chi connectivity index (χ0) is 14.7. The summed E-state index contributed by atoms with van der Waals surface area (Å²) in [4.78, 5) is 4.94. The maximum Gasteiger partial charge on any atom is 0.115 e. The number of fused-ring (bicyclic) bond motifs is 3. The Morgan fingerprint density at radius 1 is 1.29 bits per heavy atom. The van der Waals surface area contributed by atoms with Crippen LogP contribution in [-0.4, -0.2) is 15.6 Å². The number of para-hydroxylation sites is 1. The third-order valence-corrected chi connectivity index (χ3v) is 5.79. The average Bonchev–Trinajstić information content (AvgIpc) is 3.10. The fourth-order valence-corrected chi connectivity index (χ4v) is 4.86. The first-order chi connectivity index (χ1) is 10.1. The van der Waals surface area contributed by atoms with Crippen LogP contribution in [-0.2, 0) is 0 Å². The molecule has 2 aromatic rings. The van der Waals surface area contributed by atoms with E-state index in [2.05, 4.69) is 24.5 Å². The van der Waals surface area contributed by atoms with E-state index in [-0.39, 0.29) is 6.04 Å². The van der Waals surface area contributed by atoms with E-state index >= 15 is 0 Å². The molecule has 112 valence electrons. The summed E-state index contributed by atoms with van der Waals surface area (Å²) in [5.41, 5.74) is 8.61. The molecule has 0 aliphatic heterocycles. The number of nitrogens with two attached hydrogens (primary N) is 1. The molecule has 4 unspecified atom stereocenters. The van der Waals surface area contributed by atoms with Crippen LogP contribution in [0.4, 0.5) is 0 Å². The highest BCUT2D eigenvalue weighted by Crippen LogP contribution is 2.52. The fraction of sp³-hybridized carbons (Fsp3) is 0.588. The molecule has 0 radical (unpaired) electrons. The van der Waals surface area contributed by atoms with Gasteiger partial charge in [-0.2, -0.15) is 0 Å². The highest BCUT2D eigenvalue weighted by Gasteiger charge is 2.48. The van der Waals surface area contributed by atoms with Crippen LogP contribution in [0, 0.1) is 11.8 Å². The third-order valence-electron chi connectivity index (χ3n) is 5.48. The second-order valence-corrected chi connectivity index (χ2v) is 7.38. The molecule has 2 N–H and O–H groups in total. The second kappa shape index (κ2) is 4.72.